The number of fused-ring (bicyclic) bond motifs is 1. The summed E-state index contributed by atoms with van der Waals surface area (Å²) in [4.78, 5) is 26.9. The molecule has 1 saturated carbocycles. The number of rotatable bonds is 3. The van der Waals surface area contributed by atoms with Crippen molar-refractivity contribution in [2.45, 2.75) is 70.1 Å². The molecule has 1 atom stereocenters. The largest absolute Gasteiger partial charge is 0.381 e. The first-order valence-corrected chi connectivity index (χ1v) is 10.5. The van der Waals surface area contributed by atoms with Crippen molar-refractivity contribution in [3.05, 3.63) is 23.3 Å². The second-order valence-corrected chi connectivity index (χ2v) is 8.41. The molecule has 0 radical (unpaired) electrons. The smallest absolute Gasteiger partial charge is 0.225 e. The second-order valence-electron chi connectivity index (χ2n) is 8.41. The molecule has 1 saturated heterocycles. The highest BCUT2D eigenvalue weighted by molar-refractivity contribution is 5.79. The SMILES string of the molecule is COC1CCC(C(=O)N2CCc3nc([C@H]4CCCCN4C)ncc3C2)CC1. The van der Waals surface area contributed by atoms with Crippen LogP contribution in [0.4, 0.5) is 0 Å². The van der Waals surface area contributed by atoms with Gasteiger partial charge >= 0.3 is 0 Å². The summed E-state index contributed by atoms with van der Waals surface area (Å²) in [6, 6.07) is 0.347. The Hall–Kier alpha value is -1.53. The van der Waals surface area contributed by atoms with Gasteiger partial charge in [-0.3, -0.25) is 9.69 Å². The number of likely N-dealkylation sites (tertiary alicyclic amines) is 1. The summed E-state index contributed by atoms with van der Waals surface area (Å²) in [7, 11) is 3.94. The summed E-state index contributed by atoms with van der Waals surface area (Å²) < 4.78 is 5.43. The maximum atomic E-state index is 13.0. The fraction of sp³-hybridized carbons (Fsp3) is 0.762. The van der Waals surface area contributed by atoms with E-state index >= 15 is 0 Å². The minimum absolute atomic E-state index is 0.161. The number of ether oxygens (including phenoxy) is 1. The van der Waals surface area contributed by atoms with Crippen LogP contribution < -0.4 is 0 Å². The molecule has 2 aliphatic heterocycles. The van der Waals surface area contributed by atoms with Crippen molar-refractivity contribution >= 4 is 5.91 Å². The molecule has 1 amide bonds. The van der Waals surface area contributed by atoms with E-state index in [1.54, 1.807) is 7.11 Å². The van der Waals surface area contributed by atoms with Crippen LogP contribution in [-0.2, 0) is 22.5 Å². The van der Waals surface area contributed by atoms with E-state index in [-0.39, 0.29) is 5.92 Å². The standard InChI is InChI=1S/C21H32N4O2/c1-24-11-4-3-5-19(24)20-22-13-16-14-25(12-10-18(16)23-20)21(26)15-6-8-17(27-2)9-7-15/h13,15,17,19H,3-12,14H2,1-2H3/t15?,17?,19-/m1/s1. The highest BCUT2D eigenvalue weighted by atomic mass is 16.5. The zero-order valence-corrected chi connectivity index (χ0v) is 16.7. The Kier molecular flexibility index (Phi) is 5.74. The van der Waals surface area contributed by atoms with Crippen LogP contribution in [0.15, 0.2) is 6.20 Å². The number of methoxy groups -OCH3 is 1. The number of carbonyl (C=O) groups excluding carboxylic acids is 1. The predicted octanol–water partition coefficient (Wildman–Crippen LogP) is 2.72. The molecule has 1 aromatic heterocycles. The Morgan fingerprint density at radius 3 is 2.70 bits per heavy atom. The van der Waals surface area contributed by atoms with Gasteiger partial charge in [-0.05, 0) is 52.1 Å². The van der Waals surface area contributed by atoms with Crippen LogP contribution in [0.25, 0.3) is 0 Å². The van der Waals surface area contributed by atoms with Crippen LogP contribution in [0.3, 0.4) is 0 Å². The normalized spacial score (nSPS) is 29.4. The lowest BCUT2D eigenvalue weighted by atomic mass is 9.86. The Morgan fingerprint density at radius 1 is 1.15 bits per heavy atom. The van der Waals surface area contributed by atoms with Crippen LogP contribution in [0.1, 0.15) is 68.1 Å². The first-order valence-electron chi connectivity index (χ1n) is 10.5. The number of hydrogen-bond donors (Lipinski definition) is 0. The van der Waals surface area contributed by atoms with Crippen LogP contribution in [0, 0.1) is 5.92 Å². The second kappa shape index (κ2) is 8.23. The number of piperidine rings is 1. The average Bonchev–Trinajstić information content (AvgIpc) is 2.73. The third-order valence-corrected chi connectivity index (χ3v) is 6.69. The van der Waals surface area contributed by atoms with Crippen LogP contribution in [0.2, 0.25) is 0 Å². The topological polar surface area (TPSA) is 58.6 Å². The molecule has 148 valence electrons. The maximum Gasteiger partial charge on any atom is 0.225 e. The first-order chi connectivity index (χ1) is 13.2. The lowest BCUT2D eigenvalue weighted by Crippen LogP contribution is -2.42. The predicted molar refractivity (Wildman–Crippen MR) is 103 cm³/mol. The molecule has 4 rings (SSSR count). The molecule has 0 unspecified atom stereocenters. The molecule has 27 heavy (non-hydrogen) atoms. The van der Waals surface area contributed by atoms with Gasteiger partial charge in [0.25, 0.3) is 0 Å². The van der Waals surface area contributed by atoms with E-state index in [0.29, 0.717) is 24.6 Å². The molecule has 0 bridgehead atoms. The zero-order chi connectivity index (χ0) is 18.8. The monoisotopic (exact) mass is 372 g/mol. The van der Waals surface area contributed by atoms with Gasteiger partial charge in [0, 0.05) is 44.3 Å². The molecular weight excluding hydrogens is 340 g/mol. The van der Waals surface area contributed by atoms with Crippen LogP contribution in [0.5, 0.6) is 0 Å². The van der Waals surface area contributed by atoms with Crippen molar-refractivity contribution in [2.24, 2.45) is 5.92 Å². The molecule has 1 aliphatic carbocycles. The van der Waals surface area contributed by atoms with Gasteiger partial charge in [0.05, 0.1) is 17.8 Å². The van der Waals surface area contributed by atoms with Gasteiger partial charge in [0.15, 0.2) is 0 Å². The number of amides is 1. The van der Waals surface area contributed by atoms with Crippen molar-refractivity contribution in [3.63, 3.8) is 0 Å². The lowest BCUT2D eigenvalue weighted by Gasteiger charge is -2.35. The van der Waals surface area contributed by atoms with Gasteiger partial charge < -0.3 is 9.64 Å². The minimum atomic E-state index is 0.161. The summed E-state index contributed by atoms with van der Waals surface area (Å²) in [5.74, 6) is 1.44. The van der Waals surface area contributed by atoms with Gasteiger partial charge in [-0.1, -0.05) is 6.42 Å². The third-order valence-electron chi connectivity index (χ3n) is 6.69. The quantitative estimate of drug-likeness (QED) is 0.816. The first kappa shape index (κ1) is 18.8. The Balaban J connectivity index is 1.41. The Morgan fingerprint density at radius 2 is 1.96 bits per heavy atom. The van der Waals surface area contributed by atoms with E-state index in [9.17, 15) is 4.79 Å². The fourth-order valence-electron chi connectivity index (χ4n) is 4.89. The van der Waals surface area contributed by atoms with Crippen molar-refractivity contribution in [2.75, 3.05) is 27.2 Å². The van der Waals surface area contributed by atoms with E-state index in [2.05, 4.69) is 16.9 Å². The summed E-state index contributed by atoms with van der Waals surface area (Å²) in [5.41, 5.74) is 2.27. The highest BCUT2D eigenvalue weighted by Gasteiger charge is 2.32. The van der Waals surface area contributed by atoms with Gasteiger partial charge in [-0.2, -0.15) is 0 Å². The number of hydrogen-bond acceptors (Lipinski definition) is 5. The van der Waals surface area contributed by atoms with E-state index in [4.69, 9.17) is 9.72 Å². The van der Waals surface area contributed by atoms with E-state index in [1.807, 2.05) is 11.1 Å². The van der Waals surface area contributed by atoms with Crippen molar-refractivity contribution in [3.8, 4) is 0 Å². The summed E-state index contributed by atoms with van der Waals surface area (Å²) >= 11 is 0. The molecular formula is C21H32N4O2. The summed E-state index contributed by atoms with van der Waals surface area (Å²) in [6.07, 6.45) is 10.7. The van der Waals surface area contributed by atoms with Crippen LogP contribution >= 0.6 is 0 Å². The molecule has 0 spiro atoms. The molecule has 3 heterocycles. The van der Waals surface area contributed by atoms with Crippen LogP contribution in [-0.4, -0.2) is 59.0 Å². The summed E-state index contributed by atoms with van der Waals surface area (Å²) in [5, 5.41) is 0. The minimum Gasteiger partial charge on any atom is -0.381 e. The fourth-order valence-corrected chi connectivity index (χ4v) is 4.89. The van der Waals surface area contributed by atoms with E-state index in [0.717, 1.165) is 68.7 Å². The summed E-state index contributed by atoms with van der Waals surface area (Å²) in [6.45, 7) is 2.57. The number of nitrogens with zero attached hydrogens (tertiary/aromatic N) is 4. The number of carbonyl (C=O) groups is 1. The van der Waals surface area contributed by atoms with E-state index < -0.39 is 0 Å². The number of aromatic nitrogens is 2. The third kappa shape index (κ3) is 4.02. The molecule has 0 N–H and O–H groups in total. The molecule has 1 aromatic rings. The highest BCUT2D eigenvalue weighted by Crippen LogP contribution is 2.31. The average molecular weight is 373 g/mol. The maximum absolute atomic E-state index is 13.0. The van der Waals surface area contributed by atoms with Crippen molar-refractivity contribution in [1.29, 1.82) is 0 Å². The van der Waals surface area contributed by atoms with Gasteiger partial charge in [0.1, 0.15) is 5.82 Å². The van der Waals surface area contributed by atoms with Gasteiger partial charge in [-0.25, -0.2) is 9.97 Å². The van der Waals surface area contributed by atoms with Gasteiger partial charge in [-0.15, -0.1) is 0 Å². The van der Waals surface area contributed by atoms with Crippen molar-refractivity contribution < 1.29 is 9.53 Å². The molecule has 6 heteroatoms. The van der Waals surface area contributed by atoms with E-state index in [1.165, 1.54) is 12.8 Å². The molecule has 6 nitrogen and oxygen atoms in total. The Bertz CT molecular complexity index is 672. The molecule has 3 aliphatic rings. The Labute approximate surface area is 162 Å². The lowest BCUT2D eigenvalue weighted by molar-refractivity contribution is -0.138. The zero-order valence-electron chi connectivity index (χ0n) is 16.7. The van der Waals surface area contributed by atoms with Crippen molar-refractivity contribution in [1.82, 2.24) is 19.8 Å². The molecule has 2 fully saturated rings. The van der Waals surface area contributed by atoms with Gasteiger partial charge in [0.2, 0.25) is 5.91 Å². The molecule has 0 aromatic carbocycles.